The lowest BCUT2D eigenvalue weighted by Gasteiger charge is -2.28. The number of ether oxygens (including phenoxy) is 1. The molecule has 0 saturated heterocycles. The number of esters is 1. The van der Waals surface area contributed by atoms with Gasteiger partial charge < -0.3 is 4.74 Å². The van der Waals surface area contributed by atoms with Crippen LogP contribution < -0.4 is 0 Å². The van der Waals surface area contributed by atoms with E-state index >= 15 is 0 Å². The summed E-state index contributed by atoms with van der Waals surface area (Å²) in [5.41, 5.74) is 1.57. The van der Waals surface area contributed by atoms with Gasteiger partial charge in [-0.3, -0.25) is 9.59 Å². The van der Waals surface area contributed by atoms with Gasteiger partial charge in [-0.05, 0) is 43.7 Å². The molecule has 0 spiro atoms. The van der Waals surface area contributed by atoms with E-state index in [9.17, 15) is 9.59 Å². The monoisotopic (exact) mass is 452 g/mol. The van der Waals surface area contributed by atoms with Crippen molar-refractivity contribution in [1.82, 2.24) is 0 Å². The van der Waals surface area contributed by atoms with Crippen LogP contribution in [0, 0.1) is 5.41 Å². The average molecular weight is 453 g/mol. The van der Waals surface area contributed by atoms with Crippen molar-refractivity contribution in [3.8, 4) is 0 Å². The standard InChI is InChI=1S/C31H32O3/c1-2-34-30(33)31(29(32)28-22-10-5-11-23-28,24-14-12-20-26-16-6-3-7-17-26)25-15-13-21-27-18-8-4-9-19-27/h3-19,22-23H,2,20-21,24-25H2,1H3/b14-12+,15-13+. The predicted molar refractivity (Wildman–Crippen MR) is 138 cm³/mol. The van der Waals surface area contributed by atoms with Gasteiger partial charge in [0.25, 0.3) is 0 Å². The summed E-state index contributed by atoms with van der Waals surface area (Å²) < 4.78 is 5.45. The Labute approximate surface area is 202 Å². The van der Waals surface area contributed by atoms with Crippen LogP contribution in [0.3, 0.4) is 0 Å². The average Bonchev–Trinajstić information content (AvgIpc) is 2.89. The van der Waals surface area contributed by atoms with Crippen molar-refractivity contribution in [3.05, 3.63) is 132 Å². The molecule has 0 fully saturated rings. The Morgan fingerprint density at radius 2 is 1.12 bits per heavy atom. The molecular weight excluding hydrogens is 420 g/mol. The molecule has 34 heavy (non-hydrogen) atoms. The molecule has 0 aliphatic rings. The zero-order chi connectivity index (χ0) is 24.1. The van der Waals surface area contributed by atoms with E-state index in [1.54, 1.807) is 19.1 Å². The van der Waals surface area contributed by atoms with Gasteiger partial charge in [0.05, 0.1) is 6.61 Å². The van der Waals surface area contributed by atoms with Crippen LogP contribution in [-0.4, -0.2) is 18.4 Å². The number of ketones is 1. The third-order valence-corrected chi connectivity index (χ3v) is 5.80. The first-order valence-electron chi connectivity index (χ1n) is 11.8. The minimum absolute atomic E-state index is 0.208. The van der Waals surface area contributed by atoms with E-state index in [1.807, 2.05) is 78.9 Å². The first-order valence-corrected chi connectivity index (χ1v) is 11.8. The summed E-state index contributed by atoms with van der Waals surface area (Å²) in [6.07, 6.45) is 9.96. The topological polar surface area (TPSA) is 43.4 Å². The fourth-order valence-corrected chi connectivity index (χ4v) is 3.90. The van der Waals surface area contributed by atoms with Gasteiger partial charge in [0.1, 0.15) is 5.41 Å². The van der Waals surface area contributed by atoms with Crippen LogP contribution >= 0.6 is 0 Å². The second-order valence-corrected chi connectivity index (χ2v) is 8.23. The van der Waals surface area contributed by atoms with Gasteiger partial charge in [0.2, 0.25) is 0 Å². The first kappa shape index (κ1) is 24.9. The Hall–Kier alpha value is -3.72. The molecule has 174 valence electrons. The molecule has 0 aliphatic heterocycles. The van der Waals surface area contributed by atoms with Gasteiger partial charge >= 0.3 is 5.97 Å². The van der Waals surface area contributed by atoms with E-state index in [-0.39, 0.29) is 25.2 Å². The minimum Gasteiger partial charge on any atom is -0.465 e. The molecule has 0 atom stereocenters. The molecule has 0 aromatic heterocycles. The molecule has 0 unspecified atom stereocenters. The summed E-state index contributed by atoms with van der Waals surface area (Å²) in [7, 11) is 0. The Kier molecular flexibility index (Phi) is 9.60. The fourth-order valence-electron chi connectivity index (χ4n) is 3.90. The molecular formula is C31H32O3. The largest absolute Gasteiger partial charge is 0.465 e. The van der Waals surface area contributed by atoms with E-state index in [4.69, 9.17) is 4.74 Å². The van der Waals surface area contributed by atoms with Gasteiger partial charge in [-0.1, -0.05) is 115 Å². The maximum Gasteiger partial charge on any atom is 0.320 e. The molecule has 0 amide bonds. The van der Waals surface area contributed by atoms with Gasteiger partial charge in [0, 0.05) is 5.56 Å². The van der Waals surface area contributed by atoms with Crippen molar-refractivity contribution >= 4 is 11.8 Å². The van der Waals surface area contributed by atoms with Crippen LogP contribution in [0.1, 0.15) is 41.3 Å². The Balaban J connectivity index is 1.86. The summed E-state index contributed by atoms with van der Waals surface area (Å²) in [5, 5.41) is 0. The normalized spacial score (nSPS) is 11.7. The summed E-state index contributed by atoms with van der Waals surface area (Å²) >= 11 is 0. The Morgan fingerprint density at radius 1 is 0.676 bits per heavy atom. The van der Waals surface area contributed by atoms with E-state index in [0.29, 0.717) is 5.56 Å². The van der Waals surface area contributed by atoms with Gasteiger partial charge in [-0.2, -0.15) is 0 Å². The van der Waals surface area contributed by atoms with Gasteiger partial charge in [0.15, 0.2) is 5.78 Å². The number of hydrogen-bond donors (Lipinski definition) is 0. The summed E-state index contributed by atoms with van der Waals surface area (Å²) in [4.78, 5) is 27.0. The lowest BCUT2D eigenvalue weighted by Crippen LogP contribution is -2.40. The molecule has 0 aliphatic carbocycles. The van der Waals surface area contributed by atoms with E-state index < -0.39 is 11.4 Å². The van der Waals surface area contributed by atoms with Crippen molar-refractivity contribution < 1.29 is 14.3 Å². The third-order valence-electron chi connectivity index (χ3n) is 5.80. The SMILES string of the molecule is CCOC(=O)C(C/C=C/Cc1ccccc1)(C/C=C/Cc1ccccc1)C(=O)c1ccccc1. The van der Waals surface area contributed by atoms with Crippen LogP contribution in [0.15, 0.2) is 115 Å². The molecule has 0 bridgehead atoms. The smallest absolute Gasteiger partial charge is 0.320 e. The van der Waals surface area contributed by atoms with Gasteiger partial charge in [-0.25, -0.2) is 0 Å². The molecule has 3 nitrogen and oxygen atoms in total. The van der Waals surface area contributed by atoms with Crippen molar-refractivity contribution in [3.63, 3.8) is 0 Å². The second kappa shape index (κ2) is 13.1. The molecule has 3 rings (SSSR count). The lowest BCUT2D eigenvalue weighted by atomic mass is 9.74. The van der Waals surface area contributed by atoms with Crippen LogP contribution in [0.2, 0.25) is 0 Å². The lowest BCUT2D eigenvalue weighted by molar-refractivity contribution is -0.152. The molecule has 0 N–H and O–H groups in total. The summed E-state index contributed by atoms with van der Waals surface area (Å²) in [5.74, 6) is -0.683. The highest BCUT2D eigenvalue weighted by Gasteiger charge is 2.45. The molecule has 0 heterocycles. The summed E-state index contributed by atoms with van der Waals surface area (Å²) in [6.45, 7) is 2.00. The van der Waals surface area contributed by atoms with Crippen LogP contribution in [0.4, 0.5) is 0 Å². The Bertz CT molecular complexity index is 1030. The highest BCUT2D eigenvalue weighted by atomic mass is 16.5. The highest BCUT2D eigenvalue weighted by molar-refractivity contribution is 6.12. The van der Waals surface area contributed by atoms with Crippen molar-refractivity contribution in [1.29, 1.82) is 0 Å². The molecule has 0 saturated carbocycles. The highest BCUT2D eigenvalue weighted by Crippen LogP contribution is 2.34. The first-order chi connectivity index (χ1) is 16.7. The Morgan fingerprint density at radius 3 is 1.56 bits per heavy atom. The quantitative estimate of drug-likeness (QED) is 0.131. The number of carbonyl (C=O) groups excluding carboxylic acids is 2. The van der Waals surface area contributed by atoms with Crippen molar-refractivity contribution in [2.45, 2.75) is 32.6 Å². The minimum atomic E-state index is -1.31. The number of carbonyl (C=O) groups is 2. The number of hydrogen-bond acceptors (Lipinski definition) is 3. The molecule has 3 aromatic carbocycles. The van der Waals surface area contributed by atoms with E-state index in [0.717, 1.165) is 12.8 Å². The molecule has 0 radical (unpaired) electrons. The third kappa shape index (κ3) is 6.89. The fraction of sp³-hybridized carbons (Fsp3) is 0.226. The molecule has 3 heteroatoms. The maximum atomic E-state index is 13.7. The number of allylic oxidation sites excluding steroid dienone is 4. The summed E-state index contributed by atoms with van der Waals surface area (Å²) in [6, 6.07) is 29.2. The maximum absolute atomic E-state index is 13.7. The van der Waals surface area contributed by atoms with Gasteiger partial charge in [-0.15, -0.1) is 0 Å². The van der Waals surface area contributed by atoms with Crippen molar-refractivity contribution in [2.75, 3.05) is 6.61 Å². The van der Waals surface area contributed by atoms with Crippen molar-refractivity contribution in [2.24, 2.45) is 5.41 Å². The zero-order valence-corrected chi connectivity index (χ0v) is 19.7. The van der Waals surface area contributed by atoms with Crippen LogP contribution in [0.25, 0.3) is 0 Å². The van der Waals surface area contributed by atoms with Crippen LogP contribution in [-0.2, 0) is 22.4 Å². The molecule has 3 aromatic rings. The van der Waals surface area contributed by atoms with E-state index in [1.165, 1.54) is 11.1 Å². The van der Waals surface area contributed by atoms with Crippen LogP contribution in [0.5, 0.6) is 0 Å². The predicted octanol–water partition coefficient (Wildman–Crippen LogP) is 6.80. The number of Topliss-reactive ketones (excluding diaryl/α,β-unsaturated/α-hetero) is 1. The zero-order valence-electron chi connectivity index (χ0n) is 19.7. The van der Waals surface area contributed by atoms with E-state index in [2.05, 4.69) is 24.3 Å². The number of rotatable bonds is 12. The second-order valence-electron chi connectivity index (χ2n) is 8.23. The number of benzene rings is 3.